The van der Waals surface area contributed by atoms with Gasteiger partial charge in [-0.25, -0.2) is 15.0 Å². The van der Waals surface area contributed by atoms with E-state index in [9.17, 15) is 4.79 Å². The molecule has 0 aliphatic heterocycles. The third-order valence-corrected chi connectivity index (χ3v) is 4.04. The molecule has 0 fully saturated rings. The fourth-order valence-electron chi connectivity index (χ4n) is 2.77. The van der Waals surface area contributed by atoms with E-state index < -0.39 is 0 Å². The first-order chi connectivity index (χ1) is 13.5. The monoisotopic (exact) mass is 380 g/mol. The molecule has 1 amide bonds. The van der Waals surface area contributed by atoms with Gasteiger partial charge in [-0.15, -0.1) is 0 Å². The predicted octanol–water partition coefficient (Wildman–Crippen LogP) is 4.40. The molecule has 2 heterocycles. The molecule has 0 unspecified atom stereocenters. The maximum absolute atomic E-state index is 11.1. The molecule has 4 aromatic rings. The minimum absolute atomic E-state index is 0. The second-order valence-electron chi connectivity index (χ2n) is 6.36. The maximum Gasteiger partial charge on any atom is 0.238 e. The van der Waals surface area contributed by atoms with Crippen molar-refractivity contribution in [2.75, 3.05) is 11.1 Å². The summed E-state index contributed by atoms with van der Waals surface area (Å²) in [7, 11) is 0. The van der Waals surface area contributed by atoms with Crippen LogP contribution in [0.15, 0.2) is 48.7 Å². The minimum atomic E-state index is -0.135. The van der Waals surface area contributed by atoms with Crippen molar-refractivity contribution in [3.8, 4) is 23.1 Å². The van der Waals surface area contributed by atoms with Crippen molar-refractivity contribution in [1.29, 1.82) is 0 Å². The average molecular weight is 380 g/mol. The number of amides is 1. The fourth-order valence-corrected chi connectivity index (χ4v) is 2.77. The number of fused-ring (bicyclic) bond motifs is 1. The smallest absolute Gasteiger partial charge is 0.238 e. The summed E-state index contributed by atoms with van der Waals surface area (Å²) < 4.78 is 5.77. The van der Waals surface area contributed by atoms with E-state index in [-0.39, 0.29) is 21.9 Å². The Kier molecular flexibility index (Phi) is 4.36. The molecule has 2 aromatic carbocycles. The molecule has 4 N–H and O–H groups in total. The van der Waals surface area contributed by atoms with E-state index in [0.717, 1.165) is 16.6 Å². The molecule has 0 radical (unpaired) electrons. The van der Waals surface area contributed by atoms with Crippen LogP contribution in [-0.2, 0) is 4.79 Å². The Morgan fingerprint density at radius 3 is 2.71 bits per heavy atom. The van der Waals surface area contributed by atoms with Crippen LogP contribution in [0.1, 0.15) is 16.8 Å². The predicted molar refractivity (Wildman–Crippen MR) is 113 cm³/mol. The van der Waals surface area contributed by atoms with E-state index in [1.165, 1.54) is 13.1 Å². The minimum Gasteiger partial charge on any atom is -0.437 e. The summed E-state index contributed by atoms with van der Waals surface area (Å²) in [5.41, 5.74) is 9.95. The Bertz CT molecular complexity index is 1180. The molecule has 0 spiro atoms. The van der Waals surface area contributed by atoms with Gasteiger partial charge < -0.3 is 20.8 Å². The molecule has 28 heavy (non-hydrogen) atoms. The van der Waals surface area contributed by atoms with Crippen molar-refractivity contribution in [1.82, 2.24) is 19.9 Å². The van der Waals surface area contributed by atoms with Crippen LogP contribution in [-0.4, -0.2) is 25.8 Å². The van der Waals surface area contributed by atoms with Gasteiger partial charge in [-0.2, -0.15) is 0 Å². The third kappa shape index (κ3) is 3.61. The van der Waals surface area contributed by atoms with Crippen molar-refractivity contribution < 1.29 is 13.8 Å². The number of imidazole rings is 1. The van der Waals surface area contributed by atoms with Crippen LogP contribution in [0.25, 0.3) is 22.6 Å². The molecule has 8 nitrogen and oxygen atoms in total. The van der Waals surface area contributed by atoms with Crippen molar-refractivity contribution in [2.45, 2.75) is 13.8 Å². The van der Waals surface area contributed by atoms with Crippen LogP contribution in [0, 0.1) is 6.92 Å². The fraction of sp³-hybridized carbons (Fsp3) is 0.100. The molecule has 0 aliphatic rings. The van der Waals surface area contributed by atoms with Gasteiger partial charge in [-0.3, -0.25) is 4.79 Å². The number of carbonyl (C=O) groups is 1. The number of hydrogen-bond donors (Lipinski definition) is 3. The van der Waals surface area contributed by atoms with Gasteiger partial charge in [0, 0.05) is 16.9 Å². The molecular weight excluding hydrogens is 356 g/mol. The highest BCUT2D eigenvalue weighted by atomic mass is 16.5. The first-order valence-electron chi connectivity index (χ1n) is 8.63. The van der Waals surface area contributed by atoms with Crippen LogP contribution >= 0.6 is 0 Å². The molecule has 0 saturated heterocycles. The normalized spacial score (nSPS) is 10.8. The Morgan fingerprint density at radius 2 is 1.96 bits per heavy atom. The van der Waals surface area contributed by atoms with E-state index in [1.807, 2.05) is 25.1 Å². The van der Waals surface area contributed by atoms with E-state index >= 15 is 0 Å². The summed E-state index contributed by atoms with van der Waals surface area (Å²) in [6, 6.07) is 12.9. The first-order valence-corrected chi connectivity index (χ1v) is 8.63. The number of aromatic amines is 1. The van der Waals surface area contributed by atoms with Gasteiger partial charge in [-0.1, -0.05) is 6.07 Å². The third-order valence-electron chi connectivity index (χ3n) is 4.04. The molecule has 8 heteroatoms. The number of hydrogen-bond acceptors (Lipinski definition) is 6. The SMILES string of the molecule is CC(=O)Nc1ccc(Oc2cnc(N)c(-c3nc4ccc(C)cc4[nH]3)n2)cc1.[HH].[HH].[HH]. The zero-order valence-corrected chi connectivity index (χ0v) is 15.4. The van der Waals surface area contributed by atoms with Crippen molar-refractivity contribution >= 4 is 28.4 Å². The average Bonchev–Trinajstić information content (AvgIpc) is 3.07. The summed E-state index contributed by atoms with van der Waals surface area (Å²) >= 11 is 0. The lowest BCUT2D eigenvalue weighted by Crippen LogP contribution is -2.05. The Balaban J connectivity index is 0.00000160. The van der Waals surface area contributed by atoms with Gasteiger partial charge >= 0.3 is 0 Å². The maximum atomic E-state index is 11.1. The zero-order chi connectivity index (χ0) is 19.7. The van der Waals surface area contributed by atoms with Gasteiger partial charge in [-0.05, 0) is 48.9 Å². The summed E-state index contributed by atoms with van der Waals surface area (Å²) in [5.74, 6) is 1.48. The first kappa shape index (κ1) is 17.5. The Labute approximate surface area is 165 Å². The molecule has 0 bridgehead atoms. The molecule has 0 atom stereocenters. The zero-order valence-electron chi connectivity index (χ0n) is 15.4. The van der Waals surface area contributed by atoms with Gasteiger partial charge in [0.15, 0.2) is 17.3 Å². The quantitative estimate of drug-likeness (QED) is 0.483. The van der Waals surface area contributed by atoms with Crippen molar-refractivity contribution in [3.63, 3.8) is 0 Å². The molecule has 0 saturated carbocycles. The second-order valence-corrected chi connectivity index (χ2v) is 6.36. The highest BCUT2D eigenvalue weighted by Crippen LogP contribution is 2.27. The molecule has 4 rings (SSSR count). The van der Waals surface area contributed by atoms with Crippen molar-refractivity contribution in [2.24, 2.45) is 0 Å². The lowest BCUT2D eigenvalue weighted by molar-refractivity contribution is -0.114. The van der Waals surface area contributed by atoms with Gasteiger partial charge in [0.2, 0.25) is 11.8 Å². The number of benzene rings is 2. The number of ether oxygens (including phenoxy) is 1. The van der Waals surface area contributed by atoms with Crippen LogP contribution < -0.4 is 15.8 Å². The highest BCUT2D eigenvalue weighted by molar-refractivity contribution is 5.88. The second kappa shape index (κ2) is 6.99. The number of anilines is 2. The molecule has 146 valence electrons. The number of nitrogens with one attached hydrogen (secondary N) is 2. The lowest BCUT2D eigenvalue weighted by atomic mass is 10.2. The van der Waals surface area contributed by atoms with Crippen LogP contribution in [0.3, 0.4) is 0 Å². The standard InChI is InChI=1S/C20H18N6O2.3H2/c1-11-3-8-15-16(9-11)25-20(24-15)18-19(21)22-10-17(26-18)28-14-6-4-13(5-7-14)23-12(2)27;;;/h3-10H,1-2H3,(H2,21,22)(H,23,27)(H,24,25);3*1H. The summed E-state index contributed by atoms with van der Waals surface area (Å²) in [6.07, 6.45) is 1.45. The number of nitrogens with two attached hydrogens (primary N) is 1. The largest absolute Gasteiger partial charge is 0.437 e. The molecule has 2 aromatic heterocycles. The topological polar surface area (TPSA) is 119 Å². The van der Waals surface area contributed by atoms with Crippen LogP contribution in [0.5, 0.6) is 11.6 Å². The number of nitrogens with zero attached hydrogens (tertiary/aromatic N) is 3. The van der Waals surface area contributed by atoms with E-state index in [1.54, 1.807) is 24.3 Å². The number of carbonyl (C=O) groups excluding carboxylic acids is 1. The number of aryl methyl sites for hydroxylation is 1. The Morgan fingerprint density at radius 1 is 1.18 bits per heavy atom. The van der Waals surface area contributed by atoms with Crippen molar-refractivity contribution in [3.05, 3.63) is 54.2 Å². The summed E-state index contributed by atoms with van der Waals surface area (Å²) in [6.45, 7) is 3.47. The molecular formula is C20H24N6O2. The Hall–Kier alpha value is -3.94. The van der Waals surface area contributed by atoms with Gasteiger partial charge in [0.05, 0.1) is 17.2 Å². The highest BCUT2D eigenvalue weighted by Gasteiger charge is 2.13. The van der Waals surface area contributed by atoms with Gasteiger partial charge in [0.1, 0.15) is 5.75 Å². The van der Waals surface area contributed by atoms with Crippen LogP contribution in [0.4, 0.5) is 11.5 Å². The van der Waals surface area contributed by atoms with Gasteiger partial charge in [0.25, 0.3) is 0 Å². The summed E-state index contributed by atoms with van der Waals surface area (Å²) in [4.78, 5) is 27.5. The van der Waals surface area contributed by atoms with E-state index in [2.05, 4.69) is 25.3 Å². The van der Waals surface area contributed by atoms with E-state index in [4.69, 9.17) is 10.5 Å². The lowest BCUT2D eigenvalue weighted by Gasteiger charge is -2.08. The summed E-state index contributed by atoms with van der Waals surface area (Å²) in [5, 5.41) is 2.70. The molecule has 0 aliphatic carbocycles. The number of H-pyrrole nitrogens is 1. The number of aromatic nitrogens is 4. The number of rotatable bonds is 4. The van der Waals surface area contributed by atoms with Crippen LogP contribution in [0.2, 0.25) is 0 Å². The number of nitrogen functional groups attached to an aromatic ring is 1. The van der Waals surface area contributed by atoms with E-state index in [0.29, 0.717) is 23.0 Å².